The van der Waals surface area contributed by atoms with E-state index in [0.717, 1.165) is 0 Å². The molecule has 5 N–H and O–H groups in total. The van der Waals surface area contributed by atoms with Gasteiger partial charge in [0.25, 0.3) is 5.91 Å². The summed E-state index contributed by atoms with van der Waals surface area (Å²) in [4.78, 5) is 13.1. The molecule has 19 heavy (non-hydrogen) atoms. The first-order chi connectivity index (χ1) is 9.04. The average Bonchev–Trinajstić information content (AvgIpc) is 2.69. The van der Waals surface area contributed by atoms with Crippen LogP contribution in [0.5, 0.6) is 5.75 Å². The zero-order valence-corrected chi connectivity index (χ0v) is 10.2. The second-order valence-electron chi connectivity index (χ2n) is 4.78. The van der Waals surface area contributed by atoms with Crippen LogP contribution in [-0.2, 0) is 4.79 Å². The molecule has 0 aliphatic carbocycles. The number of carbonyl (C=O) groups is 1. The molecule has 0 radical (unpaired) electrons. The fourth-order valence-corrected chi connectivity index (χ4v) is 2.37. The molecule has 0 saturated carbocycles. The van der Waals surface area contributed by atoms with Crippen LogP contribution in [-0.4, -0.2) is 48.0 Å². The zero-order chi connectivity index (χ0) is 13.6. The molecule has 0 aromatic heterocycles. The van der Waals surface area contributed by atoms with Crippen molar-refractivity contribution in [3.8, 4) is 5.75 Å². The maximum Gasteiger partial charge on any atom is 0.262 e. The summed E-state index contributed by atoms with van der Waals surface area (Å²) in [6, 6.07) is 3.34. The molecule has 0 spiro atoms. The molecule has 0 bridgehead atoms. The van der Waals surface area contributed by atoms with Crippen molar-refractivity contribution in [1.82, 2.24) is 0 Å². The van der Waals surface area contributed by atoms with Crippen molar-refractivity contribution < 1.29 is 19.7 Å². The monoisotopic (exact) mass is 265 g/mol. The maximum absolute atomic E-state index is 11.3. The number of benzene rings is 1. The number of carbonyl (C=O) groups excluding carboxylic acids is 1. The summed E-state index contributed by atoms with van der Waals surface area (Å²) in [6.45, 7) is 0.588. The van der Waals surface area contributed by atoms with Crippen molar-refractivity contribution in [1.29, 1.82) is 0 Å². The summed E-state index contributed by atoms with van der Waals surface area (Å²) in [7, 11) is 0. The lowest BCUT2D eigenvalue weighted by Crippen LogP contribution is -2.27. The van der Waals surface area contributed by atoms with Gasteiger partial charge in [0.15, 0.2) is 6.61 Å². The van der Waals surface area contributed by atoms with Crippen molar-refractivity contribution in [3.63, 3.8) is 0 Å². The second-order valence-corrected chi connectivity index (χ2v) is 4.78. The standard InChI is InChI=1S/C12H15N3O4/c13-6-1-11-7(14-12(18)5-19-11)2-8(6)15-3-9(16)10(17)4-15/h1-2,9-10,16-17H,3-5,13H2,(H,14,18). The molecule has 2 atom stereocenters. The van der Waals surface area contributed by atoms with E-state index in [1.54, 1.807) is 17.0 Å². The van der Waals surface area contributed by atoms with Gasteiger partial charge in [0, 0.05) is 19.2 Å². The number of nitrogens with zero attached hydrogens (tertiary/aromatic N) is 1. The first kappa shape index (κ1) is 12.1. The Morgan fingerprint density at radius 2 is 2.00 bits per heavy atom. The Kier molecular flexibility index (Phi) is 2.72. The van der Waals surface area contributed by atoms with Crippen molar-refractivity contribution in [2.75, 3.05) is 35.6 Å². The van der Waals surface area contributed by atoms with Crippen LogP contribution in [0.2, 0.25) is 0 Å². The molecule has 3 rings (SSSR count). The van der Waals surface area contributed by atoms with E-state index in [-0.39, 0.29) is 12.5 Å². The number of nitrogens with two attached hydrogens (primary N) is 1. The summed E-state index contributed by atoms with van der Waals surface area (Å²) >= 11 is 0. The van der Waals surface area contributed by atoms with Gasteiger partial charge in [-0.15, -0.1) is 0 Å². The molecule has 1 aromatic carbocycles. The van der Waals surface area contributed by atoms with E-state index in [9.17, 15) is 15.0 Å². The Morgan fingerprint density at radius 1 is 1.32 bits per heavy atom. The molecule has 1 aromatic rings. The van der Waals surface area contributed by atoms with Crippen LogP contribution in [0, 0.1) is 0 Å². The Morgan fingerprint density at radius 3 is 2.68 bits per heavy atom. The normalized spacial score (nSPS) is 25.8. The lowest BCUT2D eigenvalue weighted by atomic mass is 10.2. The fourth-order valence-electron chi connectivity index (χ4n) is 2.37. The van der Waals surface area contributed by atoms with Gasteiger partial charge < -0.3 is 30.9 Å². The Balaban J connectivity index is 1.94. The summed E-state index contributed by atoms with van der Waals surface area (Å²) in [6.07, 6.45) is -1.58. The number of nitrogen functional groups attached to an aromatic ring is 1. The Bertz CT molecular complexity index is 524. The SMILES string of the molecule is Nc1cc2c(cc1N1CC(O)C(O)C1)NC(=O)CO2. The van der Waals surface area contributed by atoms with E-state index in [2.05, 4.69) is 5.32 Å². The van der Waals surface area contributed by atoms with E-state index in [4.69, 9.17) is 10.5 Å². The van der Waals surface area contributed by atoms with Crippen LogP contribution in [0.1, 0.15) is 0 Å². The Hall–Kier alpha value is -1.99. The summed E-state index contributed by atoms with van der Waals surface area (Å²) < 4.78 is 5.27. The van der Waals surface area contributed by atoms with Gasteiger partial charge >= 0.3 is 0 Å². The molecule has 2 unspecified atom stereocenters. The van der Waals surface area contributed by atoms with Gasteiger partial charge in [0.1, 0.15) is 5.75 Å². The third kappa shape index (κ3) is 2.06. The maximum atomic E-state index is 11.3. The van der Waals surface area contributed by atoms with Crippen molar-refractivity contribution in [2.45, 2.75) is 12.2 Å². The van der Waals surface area contributed by atoms with Gasteiger partial charge in [-0.05, 0) is 6.07 Å². The molecule has 1 fully saturated rings. The lowest BCUT2D eigenvalue weighted by Gasteiger charge is -2.24. The van der Waals surface area contributed by atoms with Gasteiger partial charge in [-0.2, -0.15) is 0 Å². The van der Waals surface area contributed by atoms with E-state index in [1.165, 1.54) is 0 Å². The number of fused-ring (bicyclic) bond motifs is 1. The molecule has 7 heteroatoms. The number of rotatable bonds is 1. The molecule has 2 heterocycles. The first-order valence-electron chi connectivity index (χ1n) is 6.02. The third-order valence-corrected chi connectivity index (χ3v) is 3.36. The lowest BCUT2D eigenvalue weighted by molar-refractivity contribution is -0.118. The smallest absolute Gasteiger partial charge is 0.262 e. The first-order valence-corrected chi connectivity index (χ1v) is 6.02. The molecular formula is C12H15N3O4. The fraction of sp³-hybridized carbons (Fsp3) is 0.417. The predicted octanol–water partition coefficient (Wildman–Crippen LogP) is -0.859. The highest BCUT2D eigenvalue weighted by molar-refractivity contribution is 5.97. The van der Waals surface area contributed by atoms with Gasteiger partial charge in [-0.25, -0.2) is 0 Å². The molecule has 7 nitrogen and oxygen atoms in total. The van der Waals surface area contributed by atoms with E-state index in [0.29, 0.717) is 35.9 Å². The average molecular weight is 265 g/mol. The van der Waals surface area contributed by atoms with Gasteiger partial charge in [0.05, 0.1) is 29.3 Å². The summed E-state index contributed by atoms with van der Waals surface area (Å²) in [5.74, 6) is 0.311. The van der Waals surface area contributed by atoms with Crippen LogP contribution in [0.15, 0.2) is 12.1 Å². The predicted molar refractivity (Wildman–Crippen MR) is 69.2 cm³/mol. The Labute approximate surface area is 109 Å². The summed E-state index contributed by atoms with van der Waals surface area (Å²) in [5.41, 5.74) is 7.65. The number of aliphatic hydroxyl groups excluding tert-OH is 2. The number of hydrogen-bond donors (Lipinski definition) is 4. The quantitative estimate of drug-likeness (QED) is 0.492. The molecule has 2 aliphatic rings. The van der Waals surface area contributed by atoms with E-state index >= 15 is 0 Å². The van der Waals surface area contributed by atoms with Crippen LogP contribution < -0.4 is 20.7 Å². The number of amides is 1. The van der Waals surface area contributed by atoms with E-state index in [1.807, 2.05) is 0 Å². The minimum absolute atomic E-state index is 0.0209. The van der Waals surface area contributed by atoms with Crippen LogP contribution in [0.3, 0.4) is 0 Å². The molecule has 2 aliphatic heterocycles. The van der Waals surface area contributed by atoms with Gasteiger partial charge in [-0.1, -0.05) is 0 Å². The van der Waals surface area contributed by atoms with Crippen molar-refractivity contribution in [2.24, 2.45) is 0 Å². The van der Waals surface area contributed by atoms with Crippen LogP contribution in [0.25, 0.3) is 0 Å². The number of aliphatic hydroxyl groups is 2. The van der Waals surface area contributed by atoms with Crippen LogP contribution in [0.4, 0.5) is 17.1 Å². The highest BCUT2D eigenvalue weighted by atomic mass is 16.5. The van der Waals surface area contributed by atoms with E-state index < -0.39 is 12.2 Å². The van der Waals surface area contributed by atoms with Crippen LogP contribution >= 0.6 is 0 Å². The number of ether oxygens (including phenoxy) is 1. The topological polar surface area (TPSA) is 108 Å². The molecular weight excluding hydrogens is 250 g/mol. The van der Waals surface area contributed by atoms with Crippen molar-refractivity contribution in [3.05, 3.63) is 12.1 Å². The highest BCUT2D eigenvalue weighted by Gasteiger charge is 2.31. The highest BCUT2D eigenvalue weighted by Crippen LogP contribution is 2.38. The number of nitrogens with one attached hydrogen (secondary N) is 1. The zero-order valence-electron chi connectivity index (χ0n) is 10.2. The molecule has 102 valence electrons. The molecule has 1 amide bonds. The second kappa shape index (κ2) is 4.29. The van der Waals surface area contributed by atoms with Gasteiger partial charge in [0.2, 0.25) is 0 Å². The minimum atomic E-state index is -0.790. The number of β-amino-alcohol motifs (C(OH)–C–C–N with tert-alkyl or cyclic N) is 2. The minimum Gasteiger partial charge on any atom is -0.482 e. The largest absolute Gasteiger partial charge is 0.482 e. The van der Waals surface area contributed by atoms with Crippen molar-refractivity contribution >= 4 is 23.0 Å². The number of anilines is 3. The third-order valence-electron chi connectivity index (χ3n) is 3.36. The summed E-state index contributed by atoms with van der Waals surface area (Å²) in [5, 5.41) is 21.9. The van der Waals surface area contributed by atoms with Gasteiger partial charge in [-0.3, -0.25) is 4.79 Å². The molecule has 1 saturated heterocycles. The number of hydrogen-bond acceptors (Lipinski definition) is 6.